The van der Waals surface area contributed by atoms with Crippen LogP contribution in [-0.4, -0.2) is 6.29 Å². The Morgan fingerprint density at radius 2 is 2.12 bits per heavy atom. The number of thiophene rings is 1. The van der Waals surface area contributed by atoms with Gasteiger partial charge in [0, 0.05) is 16.1 Å². The summed E-state index contributed by atoms with van der Waals surface area (Å²) in [5.41, 5.74) is 6.30. The van der Waals surface area contributed by atoms with E-state index in [1.807, 2.05) is 0 Å². The first-order valence-corrected chi connectivity index (χ1v) is 5.61. The Bertz CT molecular complexity index is 553. The number of rotatable bonds is 2. The highest BCUT2D eigenvalue weighted by atomic mass is 35.5. The van der Waals surface area contributed by atoms with Gasteiger partial charge in [-0.25, -0.2) is 4.39 Å². The molecule has 5 heteroatoms. The van der Waals surface area contributed by atoms with Crippen molar-refractivity contribution in [2.24, 2.45) is 0 Å². The Hall–Kier alpha value is -1.39. The number of carbonyl (C=O) groups excluding carboxylic acids is 1. The van der Waals surface area contributed by atoms with Gasteiger partial charge in [-0.15, -0.1) is 11.3 Å². The van der Waals surface area contributed by atoms with E-state index in [9.17, 15) is 9.18 Å². The molecule has 16 heavy (non-hydrogen) atoms. The molecule has 0 saturated heterocycles. The summed E-state index contributed by atoms with van der Waals surface area (Å²) in [4.78, 5) is 11.7. The lowest BCUT2D eigenvalue weighted by Gasteiger charge is -2.03. The molecule has 0 fully saturated rings. The third kappa shape index (κ3) is 1.94. The van der Waals surface area contributed by atoms with E-state index in [-0.39, 0.29) is 5.02 Å². The zero-order chi connectivity index (χ0) is 11.7. The van der Waals surface area contributed by atoms with E-state index in [2.05, 4.69) is 0 Å². The van der Waals surface area contributed by atoms with Crippen LogP contribution in [0.5, 0.6) is 0 Å². The van der Waals surface area contributed by atoms with Gasteiger partial charge >= 0.3 is 0 Å². The molecule has 1 aromatic carbocycles. The van der Waals surface area contributed by atoms with E-state index in [0.717, 1.165) is 6.29 Å². The Balaban J connectivity index is 2.58. The molecule has 2 N–H and O–H groups in total. The van der Waals surface area contributed by atoms with Crippen LogP contribution in [0.4, 0.5) is 10.1 Å². The minimum Gasteiger partial charge on any atom is -0.399 e. The summed E-state index contributed by atoms with van der Waals surface area (Å²) in [7, 11) is 0. The van der Waals surface area contributed by atoms with E-state index >= 15 is 0 Å². The van der Waals surface area contributed by atoms with Crippen LogP contribution in [0.25, 0.3) is 10.4 Å². The Morgan fingerprint density at radius 3 is 2.75 bits per heavy atom. The number of hydrogen-bond acceptors (Lipinski definition) is 3. The molecular weight excluding hydrogens is 249 g/mol. The summed E-state index contributed by atoms with van der Waals surface area (Å²) in [6.45, 7) is 0. The van der Waals surface area contributed by atoms with Crippen LogP contribution in [0, 0.1) is 5.82 Å². The number of halogens is 2. The fourth-order valence-electron chi connectivity index (χ4n) is 1.35. The van der Waals surface area contributed by atoms with Crippen molar-refractivity contribution in [3.8, 4) is 10.4 Å². The number of benzene rings is 1. The van der Waals surface area contributed by atoms with Crippen molar-refractivity contribution in [1.29, 1.82) is 0 Å². The van der Waals surface area contributed by atoms with Crippen molar-refractivity contribution in [1.82, 2.24) is 0 Å². The summed E-state index contributed by atoms with van der Waals surface area (Å²) >= 11 is 6.89. The third-order valence-corrected chi connectivity index (χ3v) is 3.38. The van der Waals surface area contributed by atoms with Crippen molar-refractivity contribution in [3.63, 3.8) is 0 Å². The van der Waals surface area contributed by atoms with Crippen LogP contribution in [-0.2, 0) is 0 Å². The molecule has 0 saturated carbocycles. The quantitative estimate of drug-likeness (QED) is 0.658. The normalized spacial score (nSPS) is 10.4. The molecule has 0 radical (unpaired) electrons. The molecule has 0 amide bonds. The highest BCUT2D eigenvalue weighted by Crippen LogP contribution is 2.34. The number of nitrogen functional groups attached to an aromatic ring is 1. The molecule has 1 aromatic heterocycles. The lowest BCUT2D eigenvalue weighted by molar-refractivity contribution is 0.112. The maximum absolute atomic E-state index is 13.7. The molecule has 82 valence electrons. The molecule has 0 atom stereocenters. The lowest BCUT2D eigenvalue weighted by Crippen LogP contribution is -1.89. The summed E-state index contributed by atoms with van der Waals surface area (Å²) in [5.74, 6) is -0.518. The van der Waals surface area contributed by atoms with Gasteiger partial charge in [0.1, 0.15) is 0 Å². The van der Waals surface area contributed by atoms with E-state index in [1.165, 1.54) is 23.5 Å². The van der Waals surface area contributed by atoms with Gasteiger partial charge in [-0.3, -0.25) is 4.79 Å². The molecule has 2 rings (SSSR count). The number of aldehydes is 1. The fraction of sp³-hybridized carbons (Fsp3) is 0. The van der Waals surface area contributed by atoms with Crippen molar-refractivity contribution in [3.05, 3.63) is 40.0 Å². The molecule has 2 aromatic rings. The molecule has 1 heterocycles. The van der Waals surface area contributed by atoms with Crippen molar-refractivity contribution < 1.29 is 9.18 Å². The highest BCUT2D eigenvalue weighted by molar-refractivity contribution is 7.17. The molecule has 2 nitrogen and oxygen atoms in total. The maximum atomic E-state index is 13.7. The van der Waals surface area contributed by atoms with E-state index < -0.39 is 5.82 Å². The molecule has 0 unspecified atom stereocenters. The molecule has 0 spiro atoms. The summed E-state index contributed by atoms with van der Waals surface area (Å²) in [6.07, 6.45) is 0.722. The van der Waals surface area contributed by atoms with Gasteiger partial charge in [0.05, 0.1) is 9.90 Å². The van der Waals surface area contributed by atoms with Crippen LogP contribution in [0.15, 0.2) is 24.3 Å². The second-order valence-electron chi connectivity index (χ2n) is 3.18. The predicted molar refractivity (Wildman–Crippen MR) is 64.5 cm³/mol. The van der Waals surface area contributed by atoms with Gasteiger partial charge in [-0.1, -0.05) is 11.6 Å². The standard InChI is InChI=1S/C11H7ClFNOS/c12-9-4-6(14)3-8(11(9)13)10-2-1-7(5-15)16-10/h1-5H,14H2. The second-order valence-corrected chi connectivity index (χ2v) is 4.71. The smallest absolute Gasteiger partial charge is 0.160 e. The minimum absolute atomic E-state index is 0.0175. The van der Waals surface area contributed by atoms with Crippen molar-refractivity contribution in [2.75, 3.05) is 5.73 Å². The zero-order valence-electron chi connectivity index (χ0n) is 8.04. The molecule has 0 aliphatic rings. The number of nitrogens with two attached hydrogens (primary N) is 1. The highest BCUT2D eigenvalue weighted by Gasteiger charge is 2.12. The van der Waals surface area contributed by atoms with Gasteiger partial charge in [0.15, 0.2) is 12.1 Å². The Labute approximate surface area is 100 Å². The third-order valence-electron chi connectivity index (χ3n) is 2.06. The molecular formula is C11H7ClFNOS. The average Bonchev–Trinajstić information content (AvgIpc) is 2.71. The van der Waals surface area contributed by atoms with Gasteiger partial charge in [0.2, 0.25) is 0 Å². The van der Waals surface area contributed by atoms with E-state index in [0.29, 0.717) is 21.0 Å². The molecule has 0 bridgehead atoms. The van der Waals surface area contributed by atoms with Gasteiger partial charge in [0.25, 0.3) is 0 Å². The minimum atomic E-state index is -0.518. The Morgan fingerprint density at radius 1 is 1.38 bits per heavy atom. The summed E-state index contributed by atoms with van der Waals surface area (Å²) in [5, 5.41) is -0.0175. The summed E-state index contributed by atoms with van der Waals surface area (Å²) in [6, 6.07) is 6.16. The average molecular weight is 256 g/mol. The molecule has 0 aliphatic heterocycles. The maximum Gasteiger partial charge on any atom is 0.160 e. The van der Waals surface area contributed by atoms with Gasteiger partial charge in [-0.05, 0) is 24.3 Å². The summed E-state index contributed by atoms with van der Waals surface area (Å²) < 4.78 is 13.7. The topological polar surface area (TPSA) is 43.1 Å². The Kier molecular flexibility index (Phi) is 2.94. The van der Waals surface area contributed by atoms with E-state index in [4.69, 9.17) is 17.3 Å². The number of carbonyl (C=O) groups is 1. The largest absolute Gasteiger partial charge is 0.399 e. The van der Waals surface area contributed by atoms with E-state index in [1.54, 1.807) is 12.1 Å². The lowest BCUT2D eigenvalue weighted by atomic mass is 10.1. The second kappa shape index (κ2) is 4.23. The van der Waals surface area contributed by atoms with Crippen LogP contribution < -0.4 is 5.73 Å². The van der Waals surface area contributed by atoms with Crippen LogP contribution >= 0.6 is 22.9 Å². The van der Waals surface area contributed by atoms with Crippen molar-refractivity contribution >= 4 is 34.9 Å². The fourth-order valence-corrected chi connectivity index (χ4v) is 2.41. The van der Waals surface area contributed by atoms with Crippen LogP contribution in [0.1, 0.15) is 9.67 Å². The van der Waals surface area contributed by atoms with Crippen LogP contribution in [0.3, 0.4) is 0 Å². The first-order chi connectivity index (χ1) is 7.61. The number of anilines is 1. The first-order valence-electron chi connectivity index (χ1n) is 4.41. The van der Waals surface area contributed by atoms with Gasteiger partial charge < -0.3 is 5.73 Å². The molecule has 0 aliphatic carbocycles. The van der Waals surface area contributed by atoms with Crippen molar-refractivity contribution in [2.45, 2.75) is 0 Å². The predicted octanol–water partition coefficient (Wildman–Crippen LogP) is 3.60. The number of hydrogen-bond donors (Lipinski definition) is 1. The first kappa shape index (κ1) is 11.1. The monoisotopic (exact) mass is 255 g/mol. The SMILES string of the molecule is Nc1cc(Cl)c(F)c(-c2ccc(C=O)s2)c1. The van der Waals surface area contributed by atoms with Gasteiger partial charge in [-0.2, -0.15) is 0 Å². The van der Waals surface area contributed by atoms with Crippen LogP contribution in [0.2, 0.25) is 5.02 Å². The zero-order valence-corrected chi connectivity index (χ0v) is 9.61.